The second kappa shape index (κ2) is 6.95. The van der Waals surface area contributed by atoms with Crippen molar-refractivity contribution in [3.63, 3.8) is 0 Å². The Kier molecular flexibility index (Phi) is 5.20. The van der Waals surface area contributed by atoms with E-state index in [-0.39, 0.29) is 23.0 Å². The minimum absolute atomic E-state index is 0.0348. The van der Waals surface area contributed by atoms with Crippen LogP contribution in [0.1, 0.15) is 17.5 Å². The largest absolute Gasteiger partial charge is 0.341 e. The second-order valence-corrected chi connectivity index (χ2v) is 7.76. The van der Waals surface area contributed by atoms with Gasteiger partial charge in [-0.25, -0.2) is 8.42 Å². The Hall–Kier alpha value is -2.15. The van der Waals surface area contributed by atoms with E-state index in [9.17, 15) is 13.2 Å². The molecule has 1 aromatic carbocycles. The van der Waals surface area contributed by atoms with Crippen molar-refractivity contribution in [1.82, 2.24) is 14.7 Å². The van der Waals surface area contributed by atoms with Crippen molar-refractivity contribution >= 4 is 15.7 Å². The van der Waals surface area contributed by atoms with Crippen LogP contribution in [0.25, 0.3) is 0 Å². The molecule has 0 radical (unpaired) electrons. The number of hydrogen-bond donors (Lipinski definition) is 0. The molecule has 0 fully saturated rings. The van der Waals surface area contributed by atoms with Crippen LogP contribution in [0.2, 0.25) is 0 Å². The van der Waals surface area contributed by atoms with Crippen LogP contribution >= 0.6 is 0 Å². The van der Waals surface area contributed by atoms with E-state index in [1.54, 1.807) is 49.2 Å². The number of rotatable bonds is 6. The number of amides is 1. The van der Waals surface area contributed by atoms with Crippen LogP contribution in [0.4, 0.5) is 0 Å². The van der Waals surface area contributed by atoms with Gasteiger partial charge in [0.15, 0.2) is 9.84 Å². The first-order valence-electron chi connectivity index (χ1n) is 7.29. The predicted molar refractivity (Wildman–Crippen MR) is 87.5 cm³/mol. The van der Waals surface area contributed by atoms with Crippen molar-refractivity contribution in [2.24, 2.45) is 7.05 Å². The molecule has 0 saturated carbocycles. The third-order valence-electron chi connectivity index (χ3n) is 3.57. The fraction of sp³-hybridized carbons (Fsp3) is 0.375. The van der Waals surface area contributed by atoms with Crippen LogP contribution in [-0.4, -0.2) is 41.8 Å². The fourth-order valence-corrected chi connectivity index (χ4v) is 3.42. The van der Waals surface area contributed by atoms with Gasteiger partial charge in [-0.2, -0.15) is 5.10 Å². The van der Waals surface area contributed by atoms with E-state index in [0.29, 0.717) is 6.54 Å². The number of carbonyl (C=O) groups excluding carboxylic acids is 1. The highest BCUT2D eigenvalue weighted by atomic mass is 32.2. The van der Waals surface area contributed by atoms with Gasteiger partial charge >= 0.3 is 0 Å². The first-order valence-corrected chi connectivity index (χ1v) is 8.94. The van der Waals surface area contributed by atoms with Gasteiger partial charge < -0.3 is 4.90 Å². The summed E-state index contributed by atoms with van der Waals surface area (Å²) in [4.78, 5) is 13.9. The summed E-state index contributed by atoms with van der Waals surface area (Å²) in [5, 5.41) is 4.04. The normalized spacial score (nSPS) is 11.4. The van der Waals surface area contributed by atoms with Crippen molar-refractivity contribution in [3.05, 3.63) is 47.8 Å². The average Bonchev–Trinajstić information content (AvgIpc) is 2.90. The standard InChI is InChI=1S/C16H21N3O3S/c1-13-4-6-15(7-5-13)23(21,22)9-8-16(20)18(2)11-14-10-17-19(3)12-14/h4-7,10,12H,8-9,11H2,1-3H3. The summed E-state index contributed by atoms with van der Waals surface area (Å²) >= 11 is 0. The average molecular weight is 335 g/mol. The Morgan fingerprint density at radius 1 is 1.26 bits per heavy atom. The van der Waals surface area contributed by atoms with E-state index in [1.165, 1.54) is 4.90 Å². The zero-order valence-corrected chi connectivity index (χ0v) is 14.4. The lowest BCUT2D eigenvalue weighted by molar-refractivity contribution is -0.130. The quantitative estimate of drug-likeness (QED) is 0.803. The molecule has 0 saturated heterocycles. The van der Waals surface area contributed by atoms with Crippen molar-refractivity contribution in [3.8, 4) is 0 Å². The van der Waals surface area contributed by atoms with Gasteiger partial charge in [0.05, 0.1) is 16.8 Å². The summed E-state index contributed by atoms with van der Waals surface area (Å²) in [6.45, 7) is 2.31. The highest BCUT2D eigenvalue weighted by molar-refractivity contribution is 7.91. The molecule has 124 valence electrons. The van der Waals surface area contributed by atoms with E-state index in [0.717, 1.165) is 11.1 Å². The molecule has 7 heteroatoms. The summed E-state index contributed by atoms with van der Waals surface area (Å²) in [5.74, 6) is -0.392. The van der Waals surface area contributed by atoms with Crippen LogP contribution < -0.4 is 0 Å². The number of carbonyl (C=O) groups is 1. The number of aryl methyl sites for hydroxylation is 2. The molecule has 0 N–H and O–H groups in total. The van der Waals surface area contributed by atoms with Gasteiger partial charge in [-0.05, 0) is 19.1 Å². The van der Waals surface area contributed by atoms with E-state index in [4.69, 9.17) is 0 Å². The van der Waals surface area contributed by atoms with E-state index >= 15 is 0 Å². The summed E-state index contributed by atoms with van der Waals surface area (Å²) < 4.78 is 26.2. The Balaban J connectivity index is 1.93. The third kappa shape index (κ3) is 4.66. The number of aromatic nitrogens is 2. The Labute approximate surface area is 136 Å². The molecule has 1 heterocycles. The first-order chi connectivity index (χ1) is 10.8. The molecule has 0 bridgehead atoms. The number of hydrogen-bond acceptors (Lipinski definition) is 4. The molecular weight excluding hydrogens is 314 g/mol. The maximum Gasteiger partial charge on any atom is 0.223 e. The molecule has 23 heavy (non-hydrogen) atoms. The van der Waals surface area contributed by atoms with Gasteiger partial charge in [-0.3, -0.25) is 9.48 Å². The molecule has 2 aromatic rings. The van der Waals surface area contributed by atoms with Crippen molar-refractivity contribution in [2.45, 2.75) is 24.8 Å². The molecule has 1 aromatic heterocycles. The molecule has 0 atom stereocenters. The number of sulfone groups is 1. The monoisotopic (exact) mass is 335 g/mol. The highest BCUT2D eigenvalue weighted by Gasteiger charge is 2.18. The molecule has 0 unspecified atom stereocenters. The van der Waals surface area contributed by atoms with E-state index in [2.05, 4.69) is 5.10 Å². The van der Waals surface area contributed by atoms with Crippen LogP contribution in [-0.2, 0) is 28.2 Å². The van der Waals surface area contributed by atoms with Gasteiger partial charge in [0.2, 0.25) is 5.91 Å². The van der Waals surface area contributed by atoms with Crippen LogP contribution in [0, 0.1) is 6.92 Å². The van der Waals surface area contributed by atoms with Crippen LogP contribution in [0.5, 0.6) is 0 Å². The summed E-state index contributed by atoms with van der Waals surface area (Å²) in [6.07, 6.45) is 3.48. The Bertz CT molecular complexity index is 779. The van der Waals surface area contributed by atoms with Crippen LogP contribution in [0.3, 0.4) is 0 Å². The smallest absolute Gasteiger partial charge is 0.223 e. The molecular formula is C16H21N3O3S. The van der Waals surface area contributed by atoms with Gasteiger partial charge in [-0.15, -0.1) is 0 Å². The van der Waals surface area contributed by atoms with Gasteiger partial charge in [0, 0.05) is 38.8 Å². The van der Waals surface area contributed by atoms with E-state index < -0.39 is 9.84 Å². The highest BCUT2D eigenvalue weighted by Crippen LogP contribution is 2.14. The van der Waals surface area contributed by atoms with Gasteiger partial charge in [0.1, 0.15) is 0 Å². The lowest BCUT2D eigenvalue weighted by Gasteiger charge is -2.16. The maximum absolute atomic E-state index is 12.2. The van der Waals surface area contributed by atoms with Crippen LogP contribution in [0.15, 0.2) is 41.6 Å². The first kappa shape index (κ1) is 17.2. The SMILES string of the molecule is Cc1ccc(S(=O)(=O)CCC(=O)N(C)Cc2cnn(C)c2)cc1. The summed E-state index contributed by atoms with van der Waals surface area (Å²) in [5.41, 5.74) is 1.90. The summed E-state index contributed by atoms with van der Waals surface area (Å²) in [7, 11) is 0.0273. The molecule has 0 aliphatic rings. The van der Waals surface area contributed by atoms with Crippen molar-refractivity contribution in [1.29, 1.82) is 0 Å². The molecule has 0 aliphatic carbocycles. The minimum atomic E-state index is -3.44. The molecule has 1 amide bonds. The summed E-state index contributed by atoms with van der Waals surface area (Å²) in [6, 6.07) is 6.66. The molecule has 0 spiro atoms. The maximum atomic E-state index is 12.2. The zero-order chi connectivity index (χ0) is 17.0. The fourth-order valence-electron chi connectivity index (χ4n) is 2.19. The molecule has 2 rings (SSSR count). The van der Waals surface area contributed by atoms with Gasteiger partial charge in [0.25, 0.3) is 0 Å². The second-order valence-electron chi connectivity index (χ2n) is 5.65. The number of nitrogens with zero attached hydrogens (tertiary/aromatic N) is 3. The van der Waals surface area contributed by atoms with E-state index in [1.807, 2.05) is 13.1 Å². The molecule has 6 nitrogen and oxygen atoms in total. The lowest BCUT2D eigenvalue weighted by Crippen LogP contribution is -2.27. The lowest BCUT2D eigenvalue weighted by atomic mass is 10.2. The van der Waals surface area contributed by atoms with Crippen molar-refractivity contribution in [2.75, 3.05) is 12.8 Å². The van der Waals surface area contributed by atoms with Gasteiger partial charge in [-0.1, -0.05) is 17.7 Å². The number of benzene rings is 1. The van der Waals surface area contributed by atoms with Crippen molar-refractivity contribution < 1.29 is 13.2 Å². The topological polar surface area (TPSA) is 72.3 Å². The minimum Gasteiger partial charge on any atom is -0.341 e. The Morgan fingerprint density at radius 2 is 1.91 bits per heavy atom. The predicted octanol–water partition coefficient (Wildman–Crippen LogP) is 1.55. The zero-order valence-electron chi connectivity index (χ0n) is 13.6. The third-order valence-corrected chi connectivity index (χ3v) is 5.30. The Morgan fingerprint density at radius 3 is 2.48 bits per heavy atom. The molecule has 0 aliphatic heterocycles.